The first-order valence-electron chi connectivity index (χ1n) is 8.84. The van der Waals surface area contributed by atoms with E-state index in [9.17, 15) is 0 Å². The number of benzene rings is 3. The number of rotatable bonds is 8. The summed E-state index contributed by atoms with van der Waals surface area (Å²) in [5.41, 5.74) is 2.99. The van der Waals surface area contributed by atoms with Crippen LogP contribution in [0.25, 0.3) is 0 Å². The number of hydrogen-bond donors (Lipinski definition) is 0. The minimum atomic E-state index is 0.546. The molecule has 0 fully saturated rings. The minimum Gasteiger partial charge on any atom is -0.497 e. The Kier molecular flexibility index (Phi) is 6.32. The lowest BCUT2D eigenvalue weighted by Gasteiger charge is -2.25. The molecule has 0 amide bonds. The quantitative estimate of drug-likeness (QED) is 0.588. The zero-order chi connectivity index (χ0) is 18.9. The molecule has 0 saturated heterocycles. The van der Waals surface area contributed by atoms with E-state index in [1.165, 1.54) is 5.56 Å². The molecule has 0 radical (unpaired) electrons. The molecule has 0 aliphatic rings. The second-order valence-electron chi connectivity index (χ2n) is 6.09. The van der Waals surface area contributed by atoms with Crippen molar-refractivity contribution < 1.29 is 9.47 Å². The number of nitrogens with zero attached hydrogens (tertiary/aromatic N) is 2. The maximum Gasteiger partial charge on any atom is 0.119 e. The van der Waals surface area contributed by atoms with Gasteiger partial charge in [-0.3, -0.25) is 0 Å². The number of anilines is 1. The van der Waals surface area contributed by atoms with E-state index in [1.54, 1.807) is 19.2 Å². The third kappa shape index (κ3) is 5.26. The predicted molar refractivity (Wildman–Crippen MR) is 107 cm³/mol. The number of methoxy groups -OCH3 is 1. The maximum absolute atomic E-state index is 8.87. The van der Waals surface area contributed by atoms with E-state index < -0.39 is 0 Å². The lowest BCUT2D eigenvalue weighted by atomic mass is 10.2. The zero-order valence-corrected chi connectivity index (χ0v) is 15.3. The fourth-order valence-electron chi connectivity index (χ4n) is 2.80. The SMILES string of the molecule is COc1ccc(N(CCOc2ccc(C#N)cc2)Cc2ccccc2)cc1. The molecule has 0 saturated carbocycles. The zero-order valence-electron chi connectivity index (χ0n) is 15.3. The van der Waals surface area contributed by atoms with Gasteiger partial charge in [-0.05, 0) is 54.1 Å². The summed E-state index contributed by atoms with van der Waals surface area (Å²) < 4.78 is 11.1. The fraction of sp³-hybridized carbons (Fsp3) is 0.174. The molecule has 0 unspecified atom stereocenters. The molecule has 0 N–H and O–H groups in total. The van der Waals surface area contributed by atoms with Crippen LogP contribution in [0.15, 0.2) is 78.9 Å². The Morgan fingerprint density at radius 2 is 1.52 bits per heavy atom. The van der Waals surface area contributed by atoms with Crippen LogP contribution in [0, 0.1) is 11.3 Å². The number of nitriles is 1. The first kappa shape index (κ1) is 18.3. The maximum atomic E-state index is 8.87. The third-order valence-electron chi connectivity index (χ3n) is 4.27. The summed E-state index contributed by atoms with van der Waals surface area (Å²) in [5.74, 6) is 1.61. The molecule has 0 aliphatic heterocycles. The Hall–Kier alpha value is -3.45. The van der Waals surface area contributed by atoms with E-state index in [0.717, 1.165) is 30.3 Å². The predicted octanol–water partition coefficient (Wildman–Crippen LogP) is 4.65. The summed E-state index contributed by atoms with van der Waals surface area (Å²) in [7, 11) is 1.67. The highest BCUT2D eigenvalue weighted by molar-refractivity contribution is 5.49. The van der Waals surface area contributed by atoms with Gasteiger partial charge in [0.2, 0.25) is 0 Å². The summed E-state index contributed by atoms with van der Waals surface area (Å²) in [5, 5.41) is 8.87. The van der Waals surface area contributed by atoms with Crippen molar-refractivity contribution in [3.05, 3.63) is 90.0 Å². The van der Waals surface area contributed by atoms with Gasteiger partial charge in [-0.1, -0.05) is 30.3 Å². The van der Waals surface area contributed by atoms with E-state index in [2.05, 4.69) is 47.4 Å². The van der Waals surface area contributed by atoms with Crippen molar-refractivity contribution in [2.45, 2.75) is 6.54 Å². The van der Waals surface area contributed by atoms with Crippen LogP contribution >= 0.6 is 0 Å². The van der Waals surface area contributed by atoms with Crippen LogP contribution in [0.5, 0.6) is 11.5 Å². The Balaban J connectivity index is 1.67. The average Bonchev–Trinajstić information content (AvgIpc) is 2.74. The third-order valence-corrected chi connectivity index (χ3v) is 4.27. The Bertz CT molecular complexity index is 869. The van der Waals surface area contributed by atoms with E-state index in [-0.39, 0.29) is 0 Å². The van der Waals surface area contributed by atoms with Crippen LogP contribution in [0.2, 0.25) is 0 Å². The normalized spacial score (nSPS) is 10.1. The van der Waals surface area contributed by atoms with Gasteiger partial charge in [0.1, 0.15) is 18.1 Å². The number of hydrogen-bond acceptors (Lipinski definition) is 4. The van der Waals surface area contributed by atoms with Crippen molar-refractivity contribution in [3.63, 3.8) is 0 Å². The van der Waals surface area contributed by atoms with Crippen LogP contribution in [-0.2, 0) is 6.54 Å². The molecular formula is C23H22N2O2. The number of ether oxygens (including phenoxy) is 2. The largest absolute Gasteiger partial charge is 0.497 e. The van der Waals surface area contributed by atoms with E-state index >= 15 is 0 Å². The summed E-state index contributed by atoms with van der Waals surface area (Å²) in [6.07, 6.45) is 0. The lowest BCUT2D eigenvalue weighted by Crippen LogP contribution is -2.27. The van der Waals surface area contributed by atoms with Crippen LogP contribution in [0.1, 0.15) is 11.1 Å². The summed E-state index contributed by atoms with van der Waals surface area (Å²) in [6, 6.07) is 27.7. The Labute approximate surface area is 160 Å². The van der Waals surface area contributed by atoms with E-state index in [0.29, 0.717) is 12.2 Å². The van der Waals surface area contributed by atoms with Gasteiger partial charge in [0.05, 0.1) is 25.3 Å². The minimum absolute atomic E-state index is 0.546. The monoisotopic (exact) mass is 358 g/mol. The molecule has 0 aromatic heterocycles. The summed E-state index contributed by atoms with van der Waals surface area (Å²) in [4.78, 5) is 2.28. The molecule has 0 bridgehead atoms. The highest BCUT2D eigenvalue weighted by Gasteiger charge is 2.08. The van der Waals surface area contributed by atoms with Crippen molar-refractivity contribution >= 4 is 5.69 Å². The Morgan fingerprint density at radius 1 is 0.852 bits per heavy atom. The molecule has 0 spiro atoms. The van der Waals surface area contributed by atoms with Gasteiger partial charge >= 0.3 is 0 Å². The second kappa shape index (κ2) is 9.30. The van der Waals surface area contributed by atoms with Gasteiger partial charge in [-0.15, -0.1) is 0 Å². The first-order chi connectivity index (χ1) is 13.3. The van der Waals surface area contributed by atoms with Crippen molar-refractivity contribution in [3.8, 4) is 17.6 Å². The van der Waals surface area contributed by atoms with Gasteiger partial charge in [0.25, 0.3) is 0 Å². The smallest absolute Gasteiger partial charge is 0.119 e. The van der Waals surface area contributed by atoms with Gasteiger partial charge < -0.3 is 14.4 Å². The molecule has 0 heterocycles. The molecular weight excluding hydrogens is 336 g/mol. The van der Waals surface area contributed by atoms with Crippen LogP contribution < -0.4 is 14.4 Å². The summed E-state index contributed by atoms with van der Waals surface area (Å²) >= 11 is 0. The molecule has 4 heteroatoms. The standard InChI is InChI=1S/C23H22N2O2/c1-26-22-13-9-21(10-14-22)25(18-20-5-3-2-4-6-20)15-16-27-23-11-7-19(17-24)8-12-23/h2-14H,15-16,18H2,1H3. The molecule has 136 valence electrons. The average molecular weight is 358 g/mol. The molecule has 0 atom stereocenters. The van der Waals surface area contributed by atoms with E-state index in [1.807, 2.05) is 30.3 Å². The topological polar surface area (TPSA) is 45.5 Å². The van der Waals surface area contributed by atoms with Crippen LogP contribution in [0.4, 0.5) is 5.69 Å². The second-order valence-corrected chi connectivity index (χ2v) is 6.09. The molecule has 27 heavy (non-hydrogen) atoms. The van der Waals surface area contributed by atoms with Crippen molar-refractivity contribution in [1.29, 1.82) is 5.26 Å². The first-order valence-corrected chi connectivity index (χ1v) is 8.84. The molecule has 3 aromatic carbocycles. The van der Waals surface area contributed by atoms with Crippen molar-refractivity contribution in [1.82, 2.24) is 0 Å². The highest BCUT2D eigenvalue weighted by atomic mass is 16.5. The summed E-state index contributed by atoms with van der Waals surface area (Å²) in [6.45, 7) is 2.08. The van der Waals surface area contributed by atoms with Crippen molar-refractivity contribution in [2.75, 3.05) is 25.2 Å². The molecule has 3 rings (SSSR count). The van der Waals surface area contributed by atoms with Gasteiger partial charge in [0, 0.05) is 12.2 Å². The van der Waals surface area contributed by atoms with Gasteiger partial charge in [-0.2, -0.15) is 5.26 Å². The Morgan fingerprint density at radius 3 is 2.15 bits per heavy atom. The molecule has 0 aliphatic carbocycles. The molecule has 4 nitrogen and oxygen atoms in total. The van der Waals surface area contributed by atoms with Crippen molar-refractivity contribution in [2.24, 2.45) is 0 Å². The van der Waals surface area contributed by atoms with Crippen LogP contribution in [-0.4, -0.2) is 20.3 Å². The van der Waals surface area contributed by atoms with Gasteiger partial charge in [0.15, 0.2) is 0 Å². The van der Waals surface area contributed by atoms with Crippen LogP contribution in [0.3, 0.4) is 0 Å². The lowest BCUT2D eigenvalue weighted by molar-refractivity contribution is 0.323. The molecule has 3 aromatic rings. The van der Waals surface area contributed by atoms with Gasteiger partial charge in [-0.25, -0.2) is 0 Å². The highest BCUT2D eigenvalue weighted by Crippen LogP contribution is 2.21. The fourth-order valence-corrected chi connectivity index (χ4v) is 2.80. The van der Waals surface area contributed by atoms with E-state index in [4.69, 9.17) is 14.7 Å².